The molecule has 1 aromatic heterocycles. The number of benzene rings is 3. The molecular weight excluding hydrogens is 537 g/mol. The normalized spacial score (nSPS) is 10.7. The summed E-state index contributed by atoms with van der Waals surface area (Å²) in [4.78, 5) is 25.3. The van der Waals surface area contributed by atoms with E-state index in [9.17, 15) is 9.18 Å². The Hall–Kier alpha value is -4.61. The standard InChI is InChI=1S/C31H36FN7O3/c32-27-14-8-7-13-26(27)23-36-31-38-29(34-16-15-24-9-3-1-4-10-24)37-30(39-31)35-18-20-42-22-21-41-19-17-33-28(40)25-11-5-2-6-12-25/h1-14H,15-23H2,(H,33,40)(H3,34,35,36,37,38,39). The number of hydrogen-bond donors (Lipinski definition) is 4. The summed E-state index contributed by atoms with van der Waals surface area (Å²) in [6.07, 6.45) is 0.808. The molecule has 3 aromatic carbocycles. The molecule has 0 aliphatic carbocycles. The molecule has 4 rings (SSSR count). The molecule has 0 fully saturated rings. The van der Waals surface area contributed by atoms with E-state index >= 15 is 0 Å². The molecule has 0 saturated heterocycles. The van der Waals surface area contributed by atoms with Gasteiger partial charge in [0.25, 0.3) is 5.91 Å². The van der Waals surface area contributed by atoms with Crippen molar-refractivity contribution in [3.63, 3.8) is 0 Å². The van der Waals surface area contributed by atoms with Crippen molar-refractivity contribution in [2.45, 2.75) is 13.0 Å². The Morgan fingerprint density at radius 1 is 0.643 bits per heavy atom. The fourth-order valence-corrected chi connectivity index (χ4v) is 3.88. The molecule has 0 spiro atoms. The molecule has 1 heterocycles. The van der Waals surface area contributed by atoms with Gasteiger partial charge in [0, 0.05) is 37.3 Å². The van der Waals surface area contributed by atoms with Gasteiger partial charge in [0.15, 0.2) is 0 Å². The molecule has 42 heavy (non-hydrogen) atoms. The van der Waals surface area contributed by atoms with Crippen molar-refractivity contribution in [2.24, 2.45) is 0 Å². The van der Waals surface area contributed by atoms with Gasteiger partial charge in [-0.1, -0.05) is 66.7 Å². The maximum Gasteiger partial charge on any atom is 0.251 e. The van der Waals surface area contributed by atoms with Crippen LogP contribution in [0.3, 0.4) is 0 Å². The van der Waals surface area contributed by atoms with Crippen LogP contribution in [-0.4, -0.2) is 66.9 Å². The van der Waals surface area contributed by atoms with E-state index in [0.717, 1.165) is 6.42 Å². The van der Waals surface area contributed by atoms with Crippen LogP contribution in [-0.2, 0) is 22.4 Å². The summed E-state index contributed by atoms with van der Waals surface area (Å²) in [6.45, 7) is 3.39. The Labute approximate surface area is 245 Å². The zero-order valence-electron chi connectivity index (χ0n) is 23.4. The molecular formula is C31H36FN7O3. The topological polar surface area (TPSA) is 122 Å². The van der Waals surface area contributed by atoms with Gasteiger partial charge in [0.05, 0.1) is 26.4 Å². The average Bonchev–Trinajstić information content (AvgIpc) is 3.02. The summed E-state index contributed by atoms with van der Waals surface area (Å²) in [7, 11) is 0. The van der Waals surface area contributed by atoms with Gasteiger partial charge in [-0.3, -0.25) is 4.79 Å². The van der Waals surface area contributed by atoms with Gasteiger partial charge in [-0.15, -0.1) is 0 Å². The van der Waals surface area contributed by atoms with Crippen LogP contribution in [0.25, 0.3) is 0 Å². The number of rotatable bonds is 18. The van der Waals surface area contributed by atoms with Crippen molar-refractivity contribution < 1.29 is 18.7 Å². The van der Waals surface area contributed by atoms with Crippen LogP contribution >= 0.6 is 0 Å². The molecule has 10 nitrogen and oxygen atoms in total. The Kier molecular flexibility index (Phi) is 12.5. The van der Waals surface area contributed by atoms with Crippen LogP contribution < -0.4 is 21.3 Å². The fraction of sp³-hybridized carbons (Fsp3) is 0.290. The van der Waals surface area contributed by atoms with Crippen LogP contribution in [0, 0.1) is 5.82 Å². The van der Waals surface area contributed by atoms with E-state index in [1.54, 1.807) is 30.3 Å². The van der Waals surface area contributed by atoms with Gasteiger partial charge in [-0.25, -0.2) is 4.39 Å². The van der Waals surface area contributed by atoms with Crippen molar-refractivity contribution in [2.75, 3.05) is 62.0 Å². The molecule has 220 valence electrons. The number of carbonyl (C=O) groups is 1. The van der Waals surface area contributed by atoms with Gasteiger partial charge >= 0.3 is 0 Å². The molecule has 0 aliphatic heterocycles. The number of halogens is 1. The summed E-state index contributed by atoms with van der Waals surface area (Å²) in [6, 6.07) is 25.7. The minimum atomic E-state index is -0.295. The summed E-state index contributed by atoms with van der Waals surface area (Å²) in [5.41, 5.74) is 2.34. The van der Waals surface area contributed by atoms with Crippen molar-refractivity contribution in [3.05, 3.63) is 107 Å². The second-order valence-electron chi connectivity index (χ2n) is 9.19. The summed E-state index contributed by atoms with van der Waals surface area (Å²) in [5, 5.41) is 12.3. The molecule has 0 bridgehead atoms. The molecule has 11 heteroatoms. The predicted octanol–water partition coefficient (Wildman–Crippen LogP) is 4.15. The number of amides is 1. The van der Waals surface area contributed by atoms with Gasteiger partial charge in [-0.2, -0.15) is 15.0 Å². The second-order valence-corrected chi connectivity index (χ2v) is 9.19. The molecule has 0 saturated carbocycles. The Morgan fingerprint density at radius 3 is 1.90 bits per heavy atom. The van der Waals surface area contributed by atoms with E-state index in [2.05, 4.69) is 48.4 Å². The lowest BCUT2D eigenvalue weighted by Crippen LogP contribution is -2.27. The van der Waals surface area contributed by atoms with Crippen LogP contribution in [0.15, 0.2) is 84.9 Å². The largest absolute Gasteiger partial charge is 0.377 e. The number of nitrogens with zero attached hydrogens (tertiary/aromatic N) is 3. The molecule has 0 radical (unpaired) electrons. The highest BCUT2D eigenvalue weighted by Crippen LogP contribution is 2.13. The number of aromatic nitrogens is 3. The minimum absolute atomic E-state index is 0.125. The van der Waals surface area contributed by atoms with E-state index in [1.165, 1.54) is 11.6 Å². The van der Waals surface area contributed by atoms with Crippen LogP contribution in [0.1, 0.15) is 21.5 Å². The quantitative estimate of drug-likeness (QED) is 0.130. The highest BCUT2D eigenvalue weighted by Gasteiger charge is 2.08. The maximum absolute atomic E-state index is 14.1. The van der Waals surface area contributed by atoms with Gasteiger partial charge < -0.3 is 30.7 Å². The first-order valence-corrected chi connectivity index (χ1v) is 13.9. The highest BCUT2D eigenvalue weighted by atomic mass is 19.1. The van der Waals surface area contributed by atoms with Crippen LogP contribution in [0.2, 0.25) is 0 Å². The minimum Gasteiger partial charge on any atom is -0.377 e. The predicted molar refractivity (Wildman–Crippen MR) is 161 cm³/mol. The Morgan fingerprint density at radius 2 is 1.21 bits per heavy atom. The van der Waals surface area contributed by atoms with Crippen LogP contribution in [0.5, 0.6) is 0 Å². The fourth-order valence-electron chi connectivity index (χ4n) is 3.88. The van der Waals surface area contributed by atoms with E-state index in [4.69, 9.17) is 9.47 Å². The van der Waals surface area contributed by atoms with Crippen LogP contribution in [0.4, 0.5) is 22.2 Å². The lowest BCUT2D eigenvalue weighted by molar-refractivity contribution is 0.0519. The summed E-state index contributed by atoms with van der Waals surface area (Å²) < 4.78 is 25.2. The molecule has 0 aliphatic rings. The molecule has 1 amide bonds. The molecule has 4 N–H and O–H groups in total. The summed E-state index contributed by atoms with van der Waals surface area (Å²) >= 11 is 0. The van der Waals surface area contributed by atoms with Gasteiger partial charge in [0.1, 0.15) is 5.82 Å². The van der Waals surface area contributed by atoms with Gasteiger partial charge in [0.2, 0.25) is 17.8 Å². The lowest BCUT2D eigenvalue weighted by atomic mass is 10.1. The zero-order valence-corrected chi connectivity index (χ0v) is 23.4. The number of anilines is 3. The number of nitrogens with one attached hydrogen (secondary N) is 4. The first-order chi connectivity index (χ1) is 20.7. The van der Waals surface area contributed by atoms with Gasteiger partial charge in [-0.05, 0) is 30.2 Å². The lowest BCUT2D eigenvalue weighted by Gasteiger charge is -2.12. The average molecular weight is 574 g/mol. The van der Waals surface area contributed by atoms with E-state index in [-0.39, 0.29) is 18.3 Å². The van der Waals surface area contributed by atoms with Crippen molar-refractivity contribution in [1.29, 1.82) is 0 Å². The number of hydrogen-bond acceptors (Lipinski definition) is 9. The first kappa shape index (κ1) is 30.4. The molecule has 4 aromatic rings. The van der Waals surface area contributed by atoms with Crippen molar-refractivity contribution in [3.8, 4) is 0 Å². The second kappa shape index (κ2) is 17.3. The molecule has 0 atom stereocenters. The number of carbonyl (C=O) groups excluding carboxylic acids is 1. The number of ether oxygens (including phenoxy) is 2. The Balaban J connectivity index is 1.17. The third-order valence-electron chi connectivity index (χ3n) is 6.04. The van der Waals surface area contributed by atoms with Crippen molar-refractivity contribution in [1.82, 2.24) is 20.3 Å². The third kappa shape index (κ3) is 10.8. The molecule has 0 unspecified atom stereocenters. The van der Waals surface area contributed by atoms with E-state index in [0.29, 0.717) is 75.0 Å². The first-order valence-electron chi connectivity index (χ1n) is 13.9. The monoisotopic (exact) mass is 573 g/mol. The third-order valence-corrected chi connectivity index (χ3v) is 6.04. The SMILES string of the molecule is O=C(NCCOCCOCCNc1nc(NCCc2ccccc2)nc(NCc2ccccc2F)n1)c1ccccc1. The highest BCUT2D eigenvalue weighted by molar-refractivity contribution is 5.94. The van der Waals surface area contributed by atoms with E-state index in [1.807, 2.05) is 36.4 Å². The summed E-state index contributed by atoms with van der Waals surface area (Å²) in [5.74, 6) is 0.689. The van der Waals surface area contributed by atoms with E-state index < -0.39 is 0 Å². The zero-order chi connectivity index (χ0) is 29.2. The maximum atomic E-state index is 14.1. The Bertz CT molecular complexity index is 1360. The van der Waals surface area contributed by atoms with Crippen molar-refractivity contribution >= 4 is 23.8 Å². The smallest absolute Gasteiger partial charge is 0.251 e.